The predicted molar refractivity (Wildman–Crippen MR) is 137 cm³/mol. The van der Waals surface area contributed by atoms with Gasteiger partial charge in [-0.15, -0.1) is 18.3 Å². The molecule has 42 heavy (non-hydrogen) atoms. The molecule has 1 aliphatic heterocycles. The highest BCUT2D eigenvalue weighted by Gasteiger charge is 2.37. The second-order valence-electron chi connectivity index (χ2n) is 9.06. The molecular formula is C25H20F3N7O7. The summed E-state index contributed by atoms with van der Waals surface area (Å²) in [5, 5.41) is 31.0. The minimum Gasteiger partial charge on any atom is -0.478 e. The maximum absolute atomic E-state index is 12.9. The first-order valence-corrected chi connectivity index (χ1v) is 12.0. The Morgan fingerprint density at radius 1 is 1.21 bits per heavy atom. The van der Waals surface area contributed by atoms with Gasteiger partial charge in [-0.1, -0.05) is 4.85 Å². The molecule has 2 atom stereocenters. The number of aliphatic hydroxyl groups excluding tert-OH is 1. The Labute approximate surface area is 232 Å². The van der Waals surface area contributed by atoms with E-state index in [4.69, 9.17) is 10.6 Å². The largest absolute Gasteiger partial charge is 0.573 e. The zero-order chi connectivity index (χ0) is 30.5. The molecule has 2 unspecified atom stereocenters. The molecule has 218 valence electrons. The van der Waals surface area contributed by atoms with Crippen molar-refractivity contribution in [3.05, 3.63) is 64.6 Å². The highest BCUT2D eigenvalue weighted by Crippen LogP contribution is 2.39. The summed E-state index contributed by atoms with van der Waals surface area (Å²) in [6, 6.07) is 6.35. The number of aliphatic hydroxyl groups is 1. The zero-order valence-electron chi connectivity index (χ0n) is 21.6. The number of pyridine rings is 1. The number of benzene rings is 1. The lowest BCUT2D eigenvalue weighted by molar-refractivity contribution is -0.274. The quantitative estimate of drug-likeness (QED) is 0.221. The number of ether oxygens (including phenoxy) is 1. The van der Waals surface area contributed by atoms with Crippen LogP contribution in [0.2, 0.25) is 0 Å². The van der Waals surface area contributed by atoms with Crippen LogP contribution >= 0.6 is 0 Å². The van der Waals surface area contributed by atoms with Crippen molar-refractivity contribution in [2.75, 3.05) is 5.32 Å². The zero-order valence-corrected chi connectivity index (χ0v) is 21.6. The summed E-state index contributed by atoms with van der Waals surface area (Å²) in [6.45, 7) is 2.76. The second-order valence-corrected chi connectivity index (χ2v) is 9.06. The number of nitrogens with two attached hydrogens (primary N) is 1. The number of carbonyl (C=O) groups is 3. The lowest BCUT2D eigenvalue weighted by Crippen LogP contribution is -2.43. The molecule has 0 aliphatic carbocycles. The van der Waals surface area contributed by atoms with Gasteiger partial charge in [0.15, 0.2) is 6.10 Å². The molecule has 1 aliphatic rings. The first-order valence-electron chi connectivity index (χ1n) is 12.0. The fourth-order valence-corrected chi connectivity index (χ4v) is 4.65. The van der Waals surface area contributed by atoms with Crippen LogP contribution in [0.3, 0.4) is 0 Å². The number of anilines is 1. The van der Waals surface area contributed by atoms with Gasteiger partial charge in [0.2, 0.25) is 11.9 Å². The Kier molecular flexibility index (Phi) is 6.81. The molecule has 0 saturated carbocycles. The maximum Gasteiger partial charge on any atom is 0.573 e. The monoisotopic (exact) mass is 587 g/mol. The molecule has 1 aromatic carbocycles. The van der Waals surface area contributed by atoms with E-state index in [9.17, 15) is 37.8 Å². The van der Waals surface area contributed by atoms with Gasteiger partial charge in [0, 0.05) is 28.8 Å². The number of fused-ring (bicyclic) bond motifs is 2. The van der Waals surface area contributed by atoms with E-state index in [0.29, 0.717) is 0 Å². The normalized spacial score (nSPS) is 15.4. The molecule has 17 heteroatoms. The number of rotatable bonds is 8. The summed E-state index contributed by atoms with van der Waals surface area (Å²) >= 11 is 0. The van der Waals surface area contributed by atoms with Crippen LogP contribution in [0.25, 0.3) is 22.8 Å². The first kappa shape index (κ1) is 28.1. The molecule has 14 nitrogen and oxygen atoms in total. The van der Waals surface area contributed by atoms with Crippen LogP contribution in [0.15, 0.2) is 36.5 Å². The number of aromatic carboxylic acids is 1. The summed E-state index contributed by atoms with van der Waals surface area (Å²) in [5.41, 5.74) is 5.51. The molecule has 0 radical (unpaired) electrons. The third-order valence-corrected chi connectivity index (χ3v) is 6.45. The third-order valence-electron chi connectivity index (χ3n) is 6.45. The van der Waals surface area contributed by atoms with Gasteiger partial charge in [0.25, 0.3) is 11.8 Å². The lowest BCUT2D eigenvalue weighted by atomic mass is 10.0. The first-order chi connectivity index (χ1) is 19.8. The van der Waals surface area contributed by atoms with Crippen LogP contribution in [0.1, 0.15) is 39.1 Å². The van der Waals surface area contributed by atoms with E-state index in [1.54, 1.807) is 12.1 Å². The Morgan fingerprint density at radius 3 is 2.62 bits per heavy atom. The third kappa shape index (κ3) is 4.96. The van der Waals surface area contributed by atoms with Gasteiger partial charge < -0.3 is 35.4 Å². The van der Waals surface area contributed by atoms with E-state index in [0.717, 1.165) is 21.5 Å². The van der Waals surface area contributed by atoms with Crippen molar-refractivity contribution in [2.24, 2.45) is 5.73 Å². The van der Waals surface area contributed by atoms with Gasteiger partial charge >= 0.3 is 12.3 Å². The minimum atomic E-state index is -5.00. The molecular weight excluding hydrogens is 567 g/mol. The number of hydrogen-bond donors (Lipinski definition) is 4. The minimum absolute atomic E-state index is 0.0165. The summed E-state index contributed by atoms with van der Waals surface area (Å²) in [5.74, 6) is -3.97. The highest BCUT2D eigenvalue weighted by atomic mass is 19.4. The van der Waals surface area contributed by atoms with E-state index in [1.807, 2.05) is 0 Å². The van der Waals surface area contributed by atoms with Crippen molar-refractivity contribution in [3.8, 4) is 5.75 Å². The molecule has 0 spiro atoms. The average molecular weight is 587 g/mol. The number of primary amides is 1. The van der Waals surface area contributed by atoms with Gasteiger partial charge in [-0.25, -0.2) is 9.78 Å². The van der Waals surface area contributed by atoms with E-state index >= 15 is 0 Å². The number of alkyl halides is 3. The number of amides is 2. The molecule has 3 aromatic heterocycles. The van der Waals surface area contributed by atoms with Crippen molar-refractivity contribution in [1.82, 2.24) is 24.7 Å². The number of carboxylic acid groups (broad SMARTS) is 1. The van der Waals surface area contributed by atoms with Gasteiger partial charge in [-0.2, -0.15) is 0 Å². The molecule has 5 rings (SSSR count). The second kappa shape index (κ2) is 10.2. The van der Waals surface area contributed by atoms with Crippen molar-refractivity contribution >= 4 is 46.3 Å². The topological polar surface area (TPSA) is 197 Å². The van der Waals surface area contributed by atoms with E-state index in [2.05, 4.69) is 25.3 Å². The van der Waals surface area contributed by atoms with Crippen LogP contribution in [-0.2, 0) is 9.59 Å². The summed E-state index contributed by atoms with van der Waals surface area (Å²) in [7, 11) is 0. The number of nitrogens with one attached hydrogen (secondary N) is 1. The fourth-order valence-electron chi connectivity index (χ4n) is 4.65. The molecule has 4 aromatic rings. The molecule has 0 saturated heterocycles. The maximum atomic E-state index is 12.9. The molecule has 4 heterocycles. The van der Waals surface area contributed by atoms with E-state index in [1.165, 1.54) is 32.2 Å². The van der Waals surface area contributed by atoms with Crippen LogP contribution in [0.5, 0.6) is 5.75 Å². The highest BCUT2D eigenvalue weighted by molar-refractivity contribution is 6.35. The van der Waals surface area contributed by atoms with Crippen LogP contribution in [0.4, 0.5) is 18.9 Å². The van der Waals surface area contributed by atoms with Crippen molar-refractivity contribution in [3.63, 3.8) is 0 Å². The number of aromatic nitrogens is 5. The average Bonchev–Trinajstić information content (AvgIpc) is 3.53. The Morgan fingerprint density at radius 2 is 1.95 bits per heavy atom. The van der Waals surface area contributed by atoms with Gasteiger partial charge in [-0.05, 0) is 61.0 Å². The summed E-state index contributed by atoms with van der Waals surface area (Å²) < 4.78 is 43.7. The van der Waals surface area contributed by atoms with Crippen molar-refractivity contribution in [2.45, 2.75) is 32.5 Å². The SMILES string of the molecule is Cc1c(C(=O)O)c(C)n(C(On2nnc3cccnc32)C(O)C(N)=O)c1C=C1C(=O)Nc2ccc(OC(F)(F)F)cc21. The Bertz CT molecular complexity index is 1790. The van der Waals surface area contributed by atoms with Crippen LogP contribution in [-0.4, -0.2) is 65.2 Å². The Balaban J connectivity index is 1.71. The standard InChI is InChI=1S/C25H20F3N7O7/c1-10-17(9-14-13-8-12(41-25(26,27)28)5-6-15(13)31-22(14)38)34(11(2)18(10)24(39)40)23(19(36)20(29)37)42-35-21-16(32-33-35)4-3-7-30-21/h3-9,19,23,36H,1-2H3,(H2,29,37)(H,31,38)(H,39,40). The van der Waals surface area contributed by atoms with E-state index < -0.39 is 42.2 Å². The number of carboxylic acids is 1. The van der Waals surface area contributed by atoms with Gasteiger partial charge in [0.1, 0.15) is 11.3 Å². The number of halogens is 3. The van der Waals surface area contributed by atoms with Crippen LogP contribution in [0, 0.1) is 13.8 Å². The lowest BCUT2D eigenvalue weighted by Gasteiger charge is -2.25. The smallest absolute Gasteiger partial charge is 0.478 e. The van der Waals surface area contributed by atoms with Crippen LogP contribution < -0.4 is 20.6 Å². The van der Waals surface area contributed by atoms with Gasteiger partial charge in [0.05, 0.1) is 11.1 Å². The number of carbonyl (C=O) groups excluding carboxylic acids is 2. The predicted octanol–water partition coefficient (Wildman–Crippen LogP) is 1.81. The van der Waals surface area contributed by atoms with Gasteiger partial charge in [-0.3, -0.25) is 9.59 Å². The molecule has 5 N–H and O–H groups in total. The number of nitrogens with zero attached hydrogens (tertiary/aromatic N) is 5. The molecule has 0 bridgehead atoms. The molecule has 2 amide bonds. The van der Waals surface area contributed by atoms with Crippen molar-refractivity contribution < 1.29 is 47.3 Å². The number of hydrogen-bond acceptors (Lipinski definition) is 9. The fraction of sp³-hybridized carbons (Fsp3) is 0.200. The van der Waals surface area contributed by atoms with E-state index in [-0.39, 0.29) is 50.5 Å². The Hall–Kier alpha value is -5.45. The summed E-state index contributed by atoms with van der Waals surface area (Å²) in [6.07, 6.45) is -6.29. The molecule has 0 fully saturated rings. The summed E-state index contributed by atoms with van der Waals surface area (Å²) in [4.78, 5) is 48.1. The van der Waals surface area contributed by atoms with Crippen molar-refractivity contribution in [1.29, 1.82) is 0 Å².